The fourth-order valence-electron chi connectivity index (χ4n) is 4.43. The summed E-state index contributed by atoms with van der Waals surface area (Å²) in [6.07, 6.45) is -0.208. The molecule has 266 valence electrons. The molecule has 0 aromatic heterocycles. The SMILES string of the molecule is O=S(=O)(O)c1ccc(NC(=S)Nc2ccc(CCc3ccc(NC(=S)Nc4ccc(S(=O)(=O)O)cc4)cc3S(=O)(=O)O)c(S(=O)(=O)O)c2)cc1. The van der Waals surface area contributed by atoms with Crippen LogP contribution in [0.4, 0.5) is 22.7 Å². The molecule has 0 unspecified atom stereocenters. The quantitative estimate of drug-likeness (QED) is 0.0784. The van der Waals surface area contributed by atoms with E-state index in [9.17, 15) is 42.8 Å². The van der Waals surface area contributed by atoms with Crippen molar-refractivity contribution in [3.8, 4) is 0 Å². The highest BCUT2D eigenvalue weighted by Crippen LogP contribution is 2.27. The van der Waals surface area contributed by atoms with Gasteiger partial charge in [-0.05, 0) is 121 Å². The minimum absolute atomic E-state index is 0.0325. The Morgan fingerprint density at radius 1 is 0.440 bits per heavy atom. The van der Waals surface area contributed by atoms with Gasteiger partial charge < -0.3 is 21.3 Å². The lowest BCUT2D eigenvalue weighted by Crippen LogP contribution is -2.19. The lowest BCUT2D eigenvalue weighted by atomic mass is 10.0. The van der Waals surface area contributed by atoms with E-state index in [1.54, 1.807) is 0 Å². The average molecular weight is 803 g/mol. The number of thiocarbonyl (C=S) groups is 2. The highest BCUT2D eigenvalue weighted by Gasteiger charge is 2.21. The topological polar surface area (TPSA) is 266 Å². The second-order valence-electron chi connectivity index (χ2n) is 10.3. The van der Waals surface area contributed by atoms with E-state index in [1.165, 1.54) is 48.5 Å². The van der Waals surface area contributed by atoms with Crippen LogP contribution in [0.25, 0.3) is 0 Å². The Balaban J connectivity index is 1.47. The number of rotatable bonds is 11. The molecule has 0 atom stereocenters. The van der Waals surface area contributed by atoms with E-state index in [0.29, 0.717) is 11.4 Å². The molecule has 22 heteroatoms. The maximum Gasteiger partial charge on any atom is 0.294 e. The van der Waals surface area contributed by atoms with E-state index in [-0.39, 0.29) is 55.4 Å². The Morgan fingerprint density at radius 2 is 0.720 bits per heavy atom. The number of benzene rings is 4. The third-order valence-corrected chi connectivity index (χ3v) is 10.7. The summed E-state index contributed by atoms with van der Waals surface area (Å²) in [5.41, 5.74) is 1.16. The zero-order valence-electron chi connectivity index (χ0n) is 25.0. The van der Waals surface area contributed by atoms with Gasteiger partial charge in [0.25, 0.3) is 40.5 Å². The lowest BCUT2D eigenvalue weighted by molar-refractivity contribution is 0.479. The molecule has 0 aliphatic carbocycles. The van der Waals surface area contributed by atoms with Gasteiger partial charge in [-0.1, -0.05) is 12.1 Å². The second-order valence-corrected chi connectivity index (χ2v) is 16.7. The van der Waals surface area contributed by atoms with Gasteiger partial charge in [0.1, 0.15) is 0 Å². The first-order chi connectivity index (χ1) is 23.1. The van der Waals surface area contributed by atoms with E-state index in [0.717, 1.165) is 36.4 Å². The van der Waals surface area contributed by atoms with Crippen LogP contribution in [0.15, 0.2) is 105 Å². The van der Waals surface area contributed by atoms with Crippen molar-refractivity contribution < 1.29 is 51.9 Å². The summed E-state index contributed by atoms with van der Waals surface area (Å²) in [5.74, 6) is 0. The Kier molecular flexibility index (Phi) is 11.6. The molecule has 4 aromatic carbocycles. The number of hydrogen-bond donors (Lipinski definition) is 8. The van der Waals surface area contributed by atoms with Crippen molar-refractivity contribution >= 4 is 97.9 Å². The molecule has 50 heavy (non-hydrogen) atoms. The molecule has 4 aromatic rings. The normalized spacial score (nSPS) is 12.2. The highest BCUT2D eigenvalue weighted by molar-refractivity contribution is 7.86. The third-order valence-electron chi connectivity index (χ3n) is 6.69. The largest absolute Gasteiger partial charge is 0.332 e. The first-order valence-electron chi connectivity index (χ1n) is 13.6. The van der Waals surface area contributed by atoms with Crippen molar-refractivity contribution in [2.75, 3.05) is 21.3 Å². The maximum absolute atomic E-state index is 12.3. The highest BCUT2D eigenvalue weighted by atomic mass is 32.2. The zero-order valence-corrected chi connectivity index (χ0v) is 29.9. The van der Waals surface area contributed by atoms with Gasteiger partial charge in [0.15, 0.2) is 10.2 Å². The van der Waals surface area contributed by atoms with Gasteiger partial charge in [0.2, 0.25) is 0 Å². The van der Waals surface area contributed by atoms with Gasteiger partial charge >= 0.3 is 0 Å². The van der Waals surface area contributed by atoms with E-state index in [4.69, 9.17) is 33.5 Å². The van der Waals surface area contributed by atoms with Crippen LogP contribution in [0.1, 0.15) is 11.1 Å². The summed E-state index contributed by atoms with van der Waals surface area (Å²) >= 11 is 10.4. The van der Waals surface area contributed by atoms with Crippen molar-refractivity contribution in [3.63, 3.8) is 0 Å². The molecule has 0 aliphatic rings. The van der Waals surface area contributed by atoms with Crippen molar-refractivity contribution in [1.82, 2.24) is 0 Å². The zero-order chi connectivity index (χ0) is 37.1. The number of nitrogens with one attached hydrogen (secondary N) is 4. The first-order valence-corrected chi connectivity index (χ1v) is 20.2. The second kappa shape index (κ2) is 15.0. The summed E-state index contributed by atoms with van der Waals surface area (Å²) in [5, 5.41) is 10.9. The van der Waals surface area contributed by atoms with Crippen LogP contribution in [-0.4, -0.2) is 62.1 Å². The molecule has 0 bridgehead atoms. The number of aryl methyl sites for hydroxylation is 2. The van der Waals surface area contributed by atoms with Gasteiger partial charge in [-0.25, -0.2) is 0 Å². The fourth-order valence-corrected chi connectivity index (χ4v) is 7.42. The van der Waals surface area contributed by atoms with Crippen LogP contribution >= 0.6 is 24.4 Å². The molecule has 0 saturated carbocycles. The Hall–Kier alpha value is -4.10. The smallest absolute Gasteiger partial charge is 0.294 e. The third kappa shape index (κ3) is 10.7. The lowest BCUT2D eigenvalue weighted by Gasteiger charge is -2.15. The molecule has 0 amide bonds. The van der Waals surface area contributed by atoms with Crippen LogP contribution in [0.5, 0.6) is 0 Å². The van der Waals surface area contributed by atoms with Crippen LogP contribution in [-0.2, 0) is 53.3 Å². The first kappa shape index (κ1) is 38.7. The summed E-state index contributed by atoms with van der Waals surface area (Å²) in [7, 11) is -18.4. The van der Waals surface area contributed by atoms with Gasteiger partial charge in [-0.15, -0.1) is 0 Å². The molecular formula is C28H26N4O12S6. The van der Waals surface area contributed by atoms with Gasteiger partial charge in [-0.2, -0.15) is 33.7 Å². The van der Waals surface area contributed by atoms with Crippen molar-refractivity contribution in [1.29, 1.82) is 0 Å². The molecule has 0 heterocycles. The Labute approximate surface area is 297 Å². The molecule has 0 saturated heterocycles. The molecule has 4 rings (SSSR count). The molecule has 0 fully saturated rings. The monoisotopic (exact) mass is 802 g/mol. The molecular weight excluding hydrogens is 777 g/mol. The summed E-state index contributed by atoms with van der Waals surface area (Å²) in [6, 6.07) is 17.7. The van der Waals surface area contributed by atoms with E-state index in [2.05, 4.69) is 21.3 Å². The van der Waals surface area contributed by atoms with Crippen LogP contribution in [0.2, 0.25) is 0 Å². The maximum atomic E-state index is 12.3. The van der Waals surface area contributed by atoms with E-state index in [1.807, 2.05) is 0 Å². The summed E-state index contributed by atoms with van der Waals surface area (Å²) < 4.78 is 132. The minimum atomic E-state index is -4.79. The van der Waals surface area contributed by atoms with Crippen molar-refractivity contribution in [2.24, 2.45) is 0 Å². The van der Waals surface area contributed by atoms with Crippen LogP contribution < -0.4 is 21.3 Å². The molecule has 0 radical (unpaired) electrons. The Bertz CT molecular complexity index is 2230. The predicted octanol–water partition coefficient (Wildman–Crippen LogP) is 4.08. The van der Waals surface area contributed by atoms with Crippen LogP contribution in [0, 0.1) is 0 Å². The summed E-state index contributed by atoms with van der Waals surface area (Å²) in [4.78, 5) is -1.68. The molecule has 0 aliphatic heterocycles. The molecule has 0 spiro atoms. The number of hydrogen-bond acceptors (Lipinski definition) is 10. The van der Waals surface area contributed by atoms with Crippen LogP contribution in [0.3, 0.4) is 0 Å². The standard InChI is InChI=1S/C28H26N4O12S6/c33-47(34,35)23-11-7-19(8-12-23)29-27(45)31-21-5-3-17(25(15-21)49(39,40)41)1-2-18-4-6-22(16-26(18)50(42,43)44)32-28(46)30-20-9-13-24(14-10-20)48(36,37)38/h3-16H,1-2H2,(H2,29,31,45)(H2,30,32,46)(H,33,34,35)(H,36,37,38)(H,39,40,41)(H,42,43,44). The van der Waals surface area contributed by atoms with E-state index >= 15 is 0 Å². The van der Waals surface area contributed by atoms with Crippen molar-refractivity contribution in [2.45, 2.75) is 32.4 Å². The Morgan fingerprint density at radius 3 is 1.00 bits per heavy atom. The fraction of sp³-hybridized carbons (Fsp3) is 0.0714. The minimum Gasteiger partial charge on any atom is -0.332 e. The van der Waals surface area contributed by atoms with E-state index < -0.39 is 50.3 Å². The summed E-state index contributed by atoms with van der Waals surface area (Å²) in [6.45, 7) is 0. The van der Waals surface area contributed by atoms with Crippen molar-refractivity contribution in [3.05, 3.63) is 96.1 Å². The molecule has 16 nitrogen and oxygen atoms in total. The van der Waals surface area contributed by atoms with Gasteiger partial charge in [0.05, 0.1) is 19.6 Å². The van der Waals surface area contributed by atoms with Gasteiger partial charge in [0, 0.05) is 22.7 Å². The predicted molar refractivity (Wildman–Crippen MR) is 192 cm³/mol. The average Bonchev–Trinajstić information content (AvgIpc) is 2.99. The number of anilines is 4. The molecule has 8 N–H and O–H groups in total. The van der Waals surface area contributed by atoms with Gasteiger partial charge in [-0.3, -0.25) is 18.2 Å².